The van der Waals surface area contributed by atoms with Crippen molar-refractivity contribution in [3.8, 4) is 5.75 Å². The van der Waals surface area contributed by atoms with E-state index in [4.69, 9.17) is 4.74 Å². The molecule has 158 valence electrons. The molecule has 0 bridgehead atoms. The maximum absolute atomic E-state index is 13.0. The summed E-state index contributed by atoms with van der Waals surface area (Å²) >= 11 is 0. The summed E-state index contributed by atoms with van der Waals surface area (Å²) in [4.78, 5) is 37.8. The van der Waals surface area contributed by atoms with Crippen molar-refractivity contribution in [2.24, 2.45) is 5.41 Å². The number of hydrogen-bond acceptors (Lipinski definition) is 5. The fourth-order valence-electron chi connectivity index (χ4n) is 4.29. The lowest BCUT2D eigenvalue weighted by Crippen LogP contribution is -2.54. The molecule has 3 rings (SSSR count). The largest absolute Gasteiger partial charge is 0.508 e. The van der Waals surface area contributed by atoms with Crippen LogP contribution in [-0.4, -0.2) is 47.5 Å². The van der Waals surface area contributed by atoms with Crippen LogP contribution in [0.5, 0.6) is 5.75 Å². The predicted octanol–water partition coefficient (Wildman–Crippen LogP) is 2.24. The highest BCUT2D eigenvalue weighted by atomic mass is 16.5. The van der Waals surface area contributed by atoms with Crippen LogP contribution in [0.1, 0.15) is 61.9 Å². The zero-order chi connectivity index (χ0) is 21.2. The van der Waals surface area contributed by atoms with E-state index in [1.54, 1.807) is 19.9 Å². The van der Waals surface area contributed by atoms with E-state index in [1.165, 1.54) is 12.1 Å². The Labute approximate surface area is 171 Å². The minimum atomic E-state index is -0.750. The van der Waals surface area contributed by atoms with Crippen LogP contribution in [0.3, 0.4) is 0 Å². The minimum Gasteiger partial charge on any atom is -0.508 e. The molecule has 7 heteroatoms. The second kappa shape index (κ2) is 8.53. The van der Waals surface area contributed by atoms with Crippen molar-refractivity contribution in [1.29, 1.82) is 0 Å². The Bertz CT molecular complexity index is 800. The number of benzene rings is 1. The third kappa shape index (κ3) is 4.96. The lowest BCUT2D eigenvalue weighted by molar-refractivity contribution is -0.128. The molecular weight excluding hydrogens is 372 g/mol. The summed E-state index contributed by atoms with van der Waals surface area (Å²) < 4.78 is 5.31. The van der Waals surface area contributed by atoms with Crippen molar-refractivity contribution in [2.45, 2.75) is 71.1 Å². The molecule has 1 heterocycles. The van der Waals surface area contributed by atoms with Crippen LogP contribution in [0.2, 0.25) is 0 Å². The number of aryl methyl sites for hydroxylation is 1. The molecule has 0 spiro atoms. The molecule has 0 aromatic heterocycles. The van der Waals surface area contributed by atoms with Crippen LogP contribution in [0, 0.1) is 12.3 Å². The number of Topliss-reactive ketones (excluding diaryl/α,β-unsaturated/α-hetero) is 1. The van der Waals surface area contributed by atoms with Gasteiger partial charge in [0.2, 0.25) is 5.91 Å². The Morgan fingerprint density at radius 3 is 2.59 bits per heavy atom. The number of nitrogens with one attached hydrogen (secondary N) is 2. The van der Waals surface area contributed by atoms with Crippen LogP contribution in [-0.2, 0) is 14.3 Å². The molecule has 1 aliphatic heterocycles. The number of ketones is 1. The zero-order valence-electron chi connectivity index (χ0n) is 17.3. The highest BCUT2D eigenvalue weighted by Gasteiger charge is 2.39. The Balaban J connectivity index is 1.76. The number of amides is 2. The Morgan fingerprint density at radius 1 is 1.31 bits per heavy atom. The van der Waals surface area contributed by atoms with Gasteiger partial charge in [-0.15, -0.1) is 0 Å². The Kier molecular flexibility index (Phi) is 6.27. The van der Waals surface area contributed by atoms with Gasteiger partial charge in [0.25, 0.3) is 5.91 Å². The number of aromatic hydroxyl groups is 1. The summed E-state index contributed by atoms with van der Waals surface area (Å²) in [6.45, 7) is 5.60. The molecule has 3 atom stereocenters. The van der Waals surface area contributed by atoms with Crippen LogP contribution >= 0.6 is 0 Å². The standard InChI is InChI=1S/C22H30N2O5/c1-13-10-15(6-7-17(13)25)20(27)23-16(11-22(3)8-4-5-9-22)21(28)24-19-14(2)29-12-18(19)26/h6-7,10,14,16,19,25H,4-5,8-9,11-12H2,1-3H3,(H,23,27)(H,24,28)/t14-,16?,19-/m0/s1. The lowest BCUT2D eigenvalue weighted by atomic mass is 9.81. The smallest absolute Gasteiger partial charge is 0.251 e. The van der Waals surface area contributed by atoms with E-state index in [0.717, 1.165) is 25.7 Å². The van der Waals surface area contributed by atoms with E-state index in [2.05, 4.69) is 17.6 Å². The first-order chi connectivity index (χ1) is 13.7. The van der Waals surface area contributed by atoms with Crippen molar-refractivity contribution >= 4 is 17.6 Å². The van der Waals surface area contributed by atoms with Gasteiger partial charge in [-0.25, -0.2) is 0 Å². The van der Waals surface area contributed by atoms with Gasteiger partial charge in [-0.3, -0.25) is 14.4 Å². The summed E-state index contributed by atoms with van der Waals surface area (Å²) in [7, 11) is 0. The highest BCUT2D eigenvalue weighted by Crippen LogP contribution is 2.41. The molecule has 2 amide bonds. The molecule has 1 aliphatic carbocycles. The fourth-order valence-corrected chi connectivity index (χ4v) is 4.29. The van der Waals surface area contributed by atoms with Crippen molar-refractivity contribution < 1.29 is 24.2 Å². The predicted molar refractivity (Wildman–Crippen MR) is 108 cm³/mol. The average Bonchev–Trinajstić information content (AvgIpc) is 3.23. The number of phenols is 1. The molecule has 2 aliphatic rings. The number of ether oxygens (including phenoxy) is 1. The zero-order valence-corrected chi connectivity index (χ0v) is 17.3. The highest BCUT2D eigenvalue weighted by molar-refractivity contribution is 5.99. The van der Waals surface area contributed by atoms with Gasteiger partial charge in [0.05, 0.1) is 6.10 Å². The van der Waals surface area contributed by atoms with Crippen LogP contribution in [0.4, 0.5) is 0 Å². The summed E-state index contributed by atoms with van der Waals surface area (Å²) in [5.41, 5.74) is 0.939. The van der Waals surface area contributed by atoms with Gasteiger partial charge in [-0.1, -0.05) is 19.8 Å². The first-order valence-electron chi connectivity index (χ1n) is 10.2. The Hall–Kier alpha value is -2.41. The fraction of sp³-hybridized carbons (Fsp3) is 0.591. The molecular formula is C22H30N2O5. The molecule has 1 aromatic rings. The van der Waals surface area contributed by atoms with E-state index in [-0.39, 0.29) is 41.5 Å². The van der Waals surface area contributed by atoms with Gasteiger partial charge in [0, 0.05) is 5.56 Å². The maximum atomic E-state index is 13.0. The second-order valence-electron chi connectivity index (χ2n) is 8.72. The molecule has 2 fully saturated rings. The van der Waals surface area contributed by atoms with Gasteiger partial charge in [-0.2, -0.15) is 0 Å². The van der Waals surface area contributed by atoms with E-state index >= 15 is 0 Å². The van der Waals surface area contributed by atoms with Crippen molar-refractivity contribution in [2.75, 3.05) is 6.61 Å². The number of carbonyl (C=O) groups is 3. The number of hydrogen-bond donors (Lipinski definition) is 3. The van der Waals surface area contributed by atoms with Gasteiger partial charge in [0.15, 0.2) is 5.78 Å². The average molecular weight is 402 g/mol. The van der Waals surface area contributed by atoms with E-state index < -0.39 is 12.1 Å². The van der Waals surface area contributed by atoms with Gasteiger partial charge < -0.3 is 20.5 Å². The van der Waals surface area contributed by atoms with Crippen molar-refractivity contribution in [3.05, 3.63) is 29.3 Å². The molecule has 1 saturated carbocycles. The second-order valence-corrected chi connectivity index (χ2v) is 8.72. The molecule has 1 aromatic carbocycles. The minimum absolute atomic E-state index is 0.00631. The summed E-state index contributed by atoms with van der Waals surface area (Å²) in [6, 6.07) is 3.15. The molecule has 3 N–H and O–H groups in total. The number of rotatable bonds is 6. The van der Waals surface area contributed by atoms with Gasteiger partial charge >= 0.3 is 0 Å². The lowest BCUT2D eigenvalue weighted by Gasteiger charge is -2.30. The monoisotopic (exact) mass is 402 g/mol. The molecule has 0 radical (unpaired) electrons. The van der Waals surface area contributed by atoms with E-state index in [0.29, 0.717) is 17.5 Å². The van der Waals surface area contributed by atoms with E-state index in [9.17, 15) is 19.5 Å². The third-order valence-electron chi connectivity index (χ3n) is 6.19. The number of carbonyl (C=O) groups excluding carboxylic acids is 3. The van der Waals surface area contributed by atoms with Crippen molar-refractivity contribution in [3.63, 3.8) is 0 Å². The summed E-state index contributed by atoms with van der Waals surface area (Å²) in [5.74, 6) is -0.783. The van der Waals surface area contributed by atoms with Crippen molar-refractivity contribution in [1.82, 2.24) is 10.6 Å². The third-order valence-corrected chi connectivity index (χ3v) is 6.19. The van der Waals surface area contributed by atoms with Gasteiger partial charge in [0.1, 0.15) is 24.4 Å². The SMILES string of the molecule is Cc1cc(C(=O)NC(CC2(C)CCCC2)C(=O)N[C@@H]2C(=O)CO[C@H]2C)ccc1O. The normalized spacial score (nSPS) is 24.3. The summed E-state index contributed by atoms with van der Waals surface area (Å²) in [6.07, 6.45) is 4.37. The topological polar surface area (TPSA) is 105 Å². The molecule has 1 saturated heterocycles. The maximum Gasteiger partial charge on any atom is 0.251 e. The molecule has 29 heavy (non-hydrogen) atoms. The van der Waals surface area contributed by atoms with Gasteiger partial charge in [-0.05, 0) is 62.3 Å². The first-order valence-corrected chi connectivity index (χ1v) is 10.2. The molecule has 7 nitrogen and oxygen atoms in total. The van der Waals surface area contributed by atoms with Crippen LogP contribution in [0.25, 0.3) is 0 Å². The summed E-state index contributed by atoms with van der Waals surface area (Å²) in [5, 5.41) is 15.3. The number of phenolic OH excluding ortho intramolecular Hbond substituents is 1. The quantitative estimate of drug-likeness (QED) is 0.677. The Morgan fingerprint density at radius 2 is 2.00 bits per heavy atom. The van der Waals surface area contributed by atoms with Crippen LogP contribution in [0.15, 0.2) is 18.2 Å². The molecule has 1 unspecified atom stereocenters. The first kappa shape index (κ1) is 21.3. The van der Waals surface area contributed by atoms with Crippen LogP contribution < -0.4 is 10.6 Å². The van der Waals surface area contributed by atoms with E-state index in [1.807, 2.05) is 0 Å².